The van der Waals surface area contributed by atoms with E-state index in [2.05, 4.69) is 25.6 Å². The lowest BCUT2D eigenvalue weighted by atomic mass is 10.1. The average molecular weight is 381 g/mol. The summed E-state index contributed by atoms with van der Waals surface area (Å²) in [5, 5.41) is 15.9. The third kappa shape index (κ3) is 4.80. The highest BCUT2D eigenvalue weighted by atomic mass is 19.1. The molecule has 0 spiro atoms. The van der Waals surface area contributed by atoms with E-state index in [1.54, 1.807) is 37.5 Å². The second-order valence-electron chi connectivity index (χ2n) is 6.96. The van der Waals surface area contributed by atoms with E-state index in [0.29, 0.717) is 28.7 Å². The lowest BCUT2D eigenvalue weighted by Crippen LogP contribution is -2.30. The summed E-state index contributed by atoms with van der Waals surface area (Å²) >= 11 is 0. The lowest BCUT2D eigenvalue weighted by molar-refractivity contribution is 0.248. The number of aryl methyl sites for hydroxylation is 1. The van der Waals surface area contributed by atoms with Crippen LogP contribution in [0.3, 0.4) is 0 Å². The van der Waals surface area contributed by atoms with Crippen molar-refractivity contribution in [3.63, 3.8) is 0 Å². The number of rotatable bonds is 7. The Hall–Kier alpha value is -3.06. The number of hydrogen-bond donors (Lipinski definition) is 3. The summed E-state index contributed by atoms with van der Waals surface area (Å²) in [6.07, 6.45) is 3.38. The van der Waals surface area contributed by atoms with Gasteiger partial charge in [0.1, 0.15) is 11.6 Å². The minimum absolute atomic E-state index is 0.0353. The zero-order valence-electron chi connectivity index (χ0n) is 16.1. The first-order valence-electron chi connectivity index (χ1n) is 9.16. The Morgan fingerprint density at radius 3 is 2.46 bits per heavy atom. The van der Waals surface area contributed by atoms with Crippen molar-refractivity contribution >= 4 is 17.5 Å². The van der Waals surface area contributed by atoms with Crippen molar-refractivity contribution in [2.75, 3.05) is 17.2 Å². The van der Waals surface area contributed by atoms with E-state index >= 15 is 0 Å². The molecule has 0 aliphatic carbocycles. The summed E-state index contributed by atoms with van der Waals surface area (Å²) in [5.74, 6) is 0.817. The van der Waals surface area contributed by atoms with Gasteiger partial charge in [0.2, 0.25) is 5.95 Å². The monoisotopic (exact) mass is 381 g/mol. The normalized spacial score (nSPS) is 12.1. The fourth-order valence-corrected chi connectivity index (χ4v) is 2.65. The molecular formula is C21H24FN5O. The van der Waals surface area contributed by atoms with Crippen LogP contribution in [-0.2, 0) is 0 Å². The van der Waals surface area contributed by atoms with Gasteiger partial charge in [-0.25, -0.2) is 9.37 Å². The third-order valence-corrected chi connectivity index (χ3v) is 4.46. The molecule has 0 aliphatic rings. The minimum atomic E-state index is -0.285. The first-order valence-corrected chi connectivity index (χ1v) is 9.16. The molecule has 0 aliphatic heterocycles. The Labute approximate surface area is 163 Å². The molecule has 28 heavy (non-hydrogen) atoms. The maximum absolute atomic E-state index is 13.9. The van der Waals surface area contributed by atoms with E-state index in [0.717, 1.165) is 5.56 Å². The van der Waals surface area contributed by atoms with Gasteiger partial charge < -0.3 is 15.7 Å². The van der Waals surface area contributed by atoms with Crippen LogP contribution in [0.5, 0.6) is 0 Å². The van der Waals surface area contributed by atoms with Crippen LogP contribution in [0, 0.1) is 18.7 Å². The van der Waals surface area contributed by atoms with E-state index in [-0.39, 0.29) is 24.4 Å². The summed E-state index contributed by atoms with van der Waals surface area (Å²) in [7, 11) is 0. The van der Waals surface area contributed by atoms with Crippen molar-refractivity contribution in [2.24, 2.45) is 5.92 Å². The number of aliphatic hydroxyl groups is 1. The molecule has 7 heteroatoms. The molecule has 0 saturated carbocycles. The highest BCUT2D eigenvalue weighted by molar-refractivity contribution is 5.67. The Bertz CT molecular complexity index is 933. The molecule has 3 N–H and O–H groups in total. The SMILES string of the molecule is Cc1ccc(Nc2cc(-c3ccncc3)nc(N[C@H](CO)C(C)C)n2)cc1F. The molecule has 0 unspecified atom stereocenters. The molecule has 3 rings (SSSR count). The van der Waals surface area contributed by atoms with Crippen LogP contribution < -0.4 is 10.6 Å². The van der Waals surface area contributed by atoms with Crippen LogP contribution >= 0.6 is 0 Å². The molecule has 0 radical (unpaired) electrons. The number of aromatic nitrogens is 3. The van der Waals surface area contributed by atoms with Crippen LogP contribution in [-0.4, -0.2) is 32.7 Å². The molecule has 6 nitrogen and oxygen atoms in total. The summed E-state index contributed by atoms with van der Waals surface area (Å²) in [4.78, 5) is 13.1. The molecule has 0 bridgehead atoms. The molecule has 0 fully saturated rings. The first-order chi connectivity index (χ1) is 13.5. The van der Waals surface area contributed by atoms with Crippen molar-refractivity contribution in [3.8, 4) is 11.3 Å². The molecule has 3 aromatic rings. The van der Waals surface area contributed by atoms with Crippen LogP contribution in [0.1, 0.15) is 19.4 Å². The predicted molar refractivity (Wildman–Crippen MR) is 109 cm³/mol. The van der Waals surface area contributed by atoms with Gasteiger partial charge in [-0.1, -0.05) is 19.9 Å². The Balaban J connectivity index is 1.97. The van der Waals surface area contributed by atoms with Crippen LogP contribution in [0.15, 0.2) is 48.8 Å². The summed E-state index contributed by atoms with van der Waals surface area (Å²) < 4.78 is 13.9. The number of hydrogen-bond acceptors (Lipinski definition) is 6. The molecule has 1 aromatic carbocycles. The van der Waals surface area contributed by atoms with E-state index in [9.17, 15) is 9.50 Å². The highest BCUT2D eigenvalue weighted by Crippen LogP contribution is 2.25. The van der Waals surface area contributed by atoms with Crippen LogP contribution in [0.4, 0.5) is 21.8 Å². The largest absolute Gasteiger partial charge is 0.394 e. The van der Waals surface area contributed by atoms with E-state index in [1.165, 1.54) is 6.07 Å². The van der Waals surface area contributed by atoms with Crippen molar-refractivity contribution in [2.45, 2.75) is 26.8 Å². The number of halogens is 1. The van der Waals surface area contributed by atoms with Gasteiger partial charge in [0.15, 0.2) is 0 Å². The predicted octanol–water partition coefficient (Wildman–Crippen LogP) is 4.16. The standard InChI is InChI=1S/C21H24FN5O/c1-13(2)19(12-28)26-21-25-18(15-6-8-23-9-7-15)11-20(27-21)24-16-5-4-14(3)17(22)10-16/h4-11,13,19,28H,12H2,1-3H3,(H2,24,25,26,27)/t19-/m1/s1. The average Bonchev–Trinajstić information content (AvgIpc) is 2.69. The van der Waals surface area contributed by atoms with Crippen molar-refractivity contribution in [3.05, 3.63) is 60.2 Å². The van der Waals surface area contributed by atoms with E-state index in [4.69, 9.17) is 0 Å². The van der Waals surface area contributed by atoms with Gasteiger partial charge in [-0.15, -0.1) is 0 Å². The zero-order chi connectivity index (χ0) is 20.1. The molecule has 0 saturated heterocycles. The Morgan fingerprint density at radius 1 is 1.07 bits per heavy atom. The fourth-order valence-electron chi connectivity index (χ4n) is 2.65. The fraction of sp³-hybridized carbons (Fsp3) is 0.286. The Morgan fingerprint density at radius 2 is 1.82 bits per heavy atom. The van der Waals surface area contributed by atoms with Gasteiger partial charge in [0, 0.05) is 29.7 Å². The van der Waals surface area contributed by atoms with Crippen molar-refractivity contribution in [1.82, 2.24) is 15.0 Å². The molecule has 146 valence electrons. The highest BCUT2D eigenvalue weighted by Gasteiger charge is 2.15. The summed E-state index contributed by atoms with van der Waals surface area (Å²) in [5.41, 5.74) is 2.74. The first kappa shape index (κ1) is 19.7. The molecule has 0 amide bonds. The van der Waals surface area contributed by atoms with Crippen LogP contribution in [0.25, 0.3) is 11.3 Å². The quantitative estimate of drug-likeness (QED) is 0.570. The van der Waals surface area contributed by atoms with Gasteiger partial charge >= 0.3 is 0 Å². The van der Waals surface area contributed by atoms with E-state index < -0.39 is 0 Å². The number of pyridine rings is 1. The number of nitrogens with zero attached hydrogens (tertiary/aromatic N) is 3. The maximum Gasteiger partial charge on any atom is 0.225 e. The van der Waals surface area contributed by atoms with Gasteiger partial charge in [-0.05, 0) is 42.7 Å². The summed E-state index contributed by atoms with van der Waals surface area (Å²) in [6.45, 7) is 5.70. The van der Waals surface area contributed by atoms with Gasteiger partial charge in [-0.3, -0.25) is 4.98 Å². The smallest absolute Gasteiger partial charge is 0.225 e. The van der Waals surface area contributed by atoms with E-state index in [1.807, 2.05) is 26.0 Å². The van der Waals surface area contributed by atoms with Gasteiger partial charge in [0.05, 0.1) is 18.3 Å². The van der Waals surface area contributed by atoms with Crippen LogP contribution in [0.2, 0.25) is 0 Å². The lowest BCUT2D eigenvalue weighted by Gasteiger charge is -2.20. The van der Waals surface area contributed by atoms with Gasteiger partial charge in [-0.2, -0.15) is 4.98 Å². The number of benzene rings is 1. The number of anilines is 3. The zero-order valence-corrected chi connectivity index (χ0v) is 16.1. The number of nitrogens with one attached hydrogen (secondary N) is 2. The Kier molecular flexibility index (Phi) is 6.16. The molecule has 2 heterocycles. The van der Waals surface area contributed by atoms with Gasteiger partial charge in [0.25, 0.3) is 0 Å². The van der Waals surface area contributed by atoms with Crippen molar-refractivity contribution < 1.29 is 9.50 Å². The maximum atomic E-state index is 13.9. The van der Waals surface area contributed by atoms with Crippen molar-refractivity contribution in [1.29, 1.82) is 0 Å². The minimum Gasteiger partial charge on any atom is -0.394 e. The summed E-state index contributed by atoms with van der Waals surface area (Å²) in [6, 6.07) is 10.3. The second-order valence-corrected chi connectivity index (χ2v) is 6.96. The molecular weight excluding hydrogens is 357 g/mol. The molecule has 1 atom stereocenters. The second kappa shape index (κ2) is 8.75. The topological polar surface area (TPSA) is 83.0 Å². The number of aliphatic hydroxyl groups excluding tert-OH is 1. The molecule has 2 aromatic heterocycles. The third-order valence-electron chi connectivity index (χ3n) is 4.46.